The fourth-order valence-electron chi connectivity index (χ4n) is 5.21. The Morgan fingerprint density at radius 1 is 0.940 bits per heavy atom. The Labute approximate surface area is 302 Å². The number of carbonyl (C=O) groups excluding carboxylic acids is 2. The number of hydrogen-bond donors (Lipinski definition) is 1. The van der Waals surface area contributed by atoms with Gasteiger partial charge in [-0.15, -0.1) is 0 Å². The Hall–Kier alpha value is -4.65. The van der Waals surface area contributed by atoms with Crippen LogP contribution in [0.3, 0.4) is 0 Å². The van der Waals surface area contributed by atoms with Crippen LogP contribution in [-0.4, -0.2) is 55.3 Å². The third kappa shape index (κ3) is 9.32. The number of halogens is 2. The molecule has 11 nitrogen and oxygen atoms in total. The summed E-state index contributed by atoms with van der Waals surface area (Å²) in [5.74, 6) is -0.807. The van der Waals surface area contributed by atoms with Gasteiger partial charge in [0, 0.05) is 45.7 Å². The molecule has 0 aliphatic carbocycles. The van der Waals surface area contributed by atoms with Gasteiger partial charge in [0.25, 0.3) is 15.7 Å². The predicted octanol–water partition coefficient (Wildman–Crippen LogP) is 6.97. The summed E-state index contributed by atoms with van der Waals surface area (Å²) in [6.45, 7) is 5.89. The van der Waals surface area contributed by atoms with Gasteiger partial charge in [0.1, 0.15) is 18.3 Å². The molecule has 0 heterocycles. The van der Waals surface area contributed by atoms with Crippen molar-refractivity contribution >= 4 is 56.4 Å². The number of aryl methyl sites for hydroxylation is 1. The minimum Gasteiger partial charge on any atom is -0.497 e. The molecule has 4 aromatic rings. The highest BCUT2D eigenvalue weighted by Crippen LogP contribution is 2.31. The van der Waals surface area contributed by atoms with E-state index in [9.17, 15) is 28.1 Å². The maximum Gasteiger partial charge on any atom is 0.273 e. The monoisotopic (exact) mass is 740 g/mol. The summed E-state index contributed by atoms with van der Waals surface area (Å²) >= 11 is 13.1. The van der Waals surface area contributed by atoms with E-state index in [0.29, 0.717) is 11.3 Å². The molecule has 264 valence electrons. The van der Waals surface area contributed by atoms with Gasteiger partial charge in [-0.25, -0.2) is 8.42 Å². The maximum absolute atomic E-state index is 14.7. The molecule has 4 aromatic carbocycles. The van der Waals surface area contributed by atoms with Crippen LogP contribution in [0.1, 0.15) is 37.5 Å². The summed E-state index contributed by atoms with van der Waals surface area (Å²) in [5.41, 5.74) is 0.370. The molecule has 1 atom stereocenters. The first kappa shape index (κ1) is 38.2. The quantitative estimate of drug-likeness (QED) is 0.115. The first-order chi connectivity index (χ1) is 23.5. The molecule has 0 spiro atoms. The van der Waals surface area contributed by atoms with Crippen molar-refractivity contribution in [2.24, 2.45) is 0 Å². The number of amides is 2. The minimum absolute atomic E-state index is 0.0794. The molecule has 1 unspecified atom stereocenters. The first-order valence-corrected chi connectivity index (χ1v) is 17.7. The van der Waals surface area contributed by atoms with E-state index in [1.54, 1.807) is 39.0 Å². The number of nitro benzene ring substituents is 1. The summed E-state index contributed by atoms with van der Waals surface area (Å²) in [7, 11) is -3.16. The maximum atomic E-state index is 14.7. The topological polar surface area (TPSA) is 139 Å². The van der Waals surface area contributed by atoms with Gasteiger partial charge in [0.05, 0.1) is 22.6 Å². The van der Waals surface area contributed by atoms with Crippen LogP contribution in [0.2, 0.25) is 10.0 Å². The lowest BCUT2D eigenvalue weighted by atomic mass is 10.0. The molecular formula is C36H38Cl2N4O7S. The number of nitrogens with zero attached hydrogens (tertiary/aromatic N) is 3. The van der Waals surface area contributed by atoms with E-state index in [-0.39, 0.29) is 34.3 Å². The Morgan fingerprint density at radius 2 is 1.56 bits per heavy atom. The van der Waals surface area contributed by atoms with Crippen molar-refractivity contribution in [2.45, 2.75) is 57.1 Å². The lowest BCUT2D eigenvalue weighted by molar-refractivity contribution is -0.385. The Balaban J connectivity index is 1.89. The SMILES string of the molecule is COc1ccc(N(CC(=O)N(Cc2c(Cl)cccc2Cl)C(Cc2ccccc2)C(=O)NC(C)(C)C)S(=O)(=O)c2ccc(C)c([N+](=O)[O-])c2)cc1. The Kier molecular flexibility index (Phi) is 12.2. The summed E-state index contributed by atoms with van der Waals surface area (Å²) in [6.07, 6.45) is 0.0794. The van der Waals surface area contributed by atoms with E-state index in [4.69, 9.17) is 27.9 Å². The van der Waals surface area contributed by atoms with Gasteiger partial charge < -0.3 is 15.0 Å². The second-order valence-electron chi connectivity index (χ2n) is 12.6. The second kappa shape index (κ2) is 15.9. The summed E-state index contributed by atoms with van der Waals surface area (Å²) in [4.78, 5) is 40.7. The van der Waals surface area contributed by atoms with Crippen molar-refractivity contribution in [1.29, 1.82) is 0 Å². The lowest BCUT2D eigenvalue weighted by Crippen LogP contribution is -2.56. The number of benzene rings is 4. The number of rotatable bonds is 13. The summed E-state index contributed by atoms with van der Waals surface area (Å²) in [6, 6.07) is 22.3. The molecular weight excluding hydrogens is 703 g/mol. The van der Waals surface area contributed by atoms with Crippen LogP contribution in [0, 0.1) is 17.0 Å². The van der Waals surface area contributed by atoms with Gasteiger partial charge in [0.2, 0.25) is 11.8 Å². The van der Waals surface area contributed by atoms with E-state index in [0.717, 1.165) is 15.9 Å². The molecule has 50 heavy (non-hydrogen) atoms. The molecule has 4 rings (SSSR count). The van der Waals surface area contributed by atoms with E-state index in [2.05, 4.69) is 5.32 Å². The number of hydrogen-bond acceptors (Lipinski definition) is 7. The summed E-state index contributed by atoms with van der Waals surface area (Å²) < 4.78 is 34.8. The molecule has 2 amide bonds. The van der Waals surface area contributed by atoms with Crippen LogP contribution in [-0.2, 0) is 32.6 Å². The van der Waals surface area contributed by atoms with Crippen molar-refractivity contribution in [3.8, 4) is 5.75 Å². The van der Waals surface area contributed by atoms with E-state index >= 15 is 0 Å². The number of methoxy groups -OCH3 is 1. The molecule has 0 saturated carbocycles. The van der Waals surface area contributed by atoms with Crippen molar-refractivity contribution in [2.75, 3.05) is 18.0 Å². The molecule has 0 bridgehead atoms. The molecule has 0 saturated heterocycles. The fourth-order valence-corrected chi connectivity index (χ4v) is 7.16. The number of carbonyl (C=O) groups is 2. The summed E-state index contributed by atoms with van der Waals surface area (Å²) in [5, 5.41) is 15.2. The average molecular weight is 742 g/mol. The number of anilines is 1. The van der Waals surface area contributed by atoms with E-state index < -0.39 is 55.5 Å². The highest BCUT2D eigenvalue weighted by molar-refractivity contribution is 7.92. The molecule has 0 aliphatic heterocycles. The predicted molar refractivity (Wildman–Crippen MR) is 194 cm³/mol. The third-order valence-electron chi connectivity index (χ3n) is 7.76. The van der Waals surface area contributed by atoms with Crippen LogP contribution in [0.4, 0.5) is 11.4 Å². The standard InChI is InChI=1S/C36H38Cl2N4O7S/c1-24-14-19-28(21-32(24)42(45)46)50(47,48)41(26-15-17-27(49-5)18-16-26)23-34(43)40(22-29-30(37)12-9-13-31(29)38)33(35(44)39-36(2,3)4)20-25-10-7-6-8-11-25/h6-19,21,33H,20,22-23H2,1-5H3,(H,39,44). The van der Waals surface area contributed by atoms with Crippen LogP contribution < -0.4 is 14.4 Å². The number of nitrogens with one attached hydrogen (secondary N) is 1. The zero-order valence-corrected chi connectivity index (χ0v) is 30.6. The molecule has 14 heteroatoms. The normalized spacial score (nSPS) is 12.1. The number of nitro groups is 1. The molecule has 0 radical (unpaired) electrons. The van der Waals surface area contributed by atoms with Gasteiger partial charge in [0.15, 0.2) is 0 Å². The lowest BCUT2D eigenvalue weighted by Gasteiger charge is -2.35. The van der Waals surface area contributed by atoms with Crippen molar-refractivity contribution in [3.05, 3.63) is 128 Å². The van der Waals surface area contributed by atoms with E-state index in [1.807, 2.05) is 30.3 Å². The van der Waals surface area contributed by atoms with Gasteiger partial charge >= 0.3 is 0 Å². The van der Waals surface area contributed by atoms with Crippen molar-refractivity contribution in [3.63, 3.8) is 0 Å². The first-order valence-electron chi connectivity index (χ1n) is 15.5. The van der Waals surface area contributed by atoms with Gasteiger partial charge in [-0.3, -0.25) is 24.0 Å². The van der Waals surface area contributed by atoms with Crippen LogP contribution >= 0.6 is 23.2 Å². The molecule has 1 N–H and O–H groups in total. The highest BCUT2D eigenvalue weighted by Gasteiger charge is 2.36. The van der Waals surface area contributed by atoms with Gasteiger partial charge in [-0.05, 0) is 75.7 Å². The van der Waals surface area contributed by atoms with Gasteiger partial charge in [-0.2, -0.15) is 0 Å². The third-order valence-corrected chi connectivity index (χ3v) is 10.2. The van der Waals surface area contributed by atoms with Crippen LogP contribution in [0.15, 0.2) is 95.9 Å². The Morgan fingerprint density at radius 3 is 2.12 bits per heavy atom. The average Bonchev–Trinajstić information content (AvgIpc) is 3.06. The minimum atomic E-state index is -4.61. The smallest absolute Gasteiger partial charge is 0.273 e. The highest BCUT2D eigenvalue weighted by atomic mass is 35.5. The largest absolute Gasteiger partial charge is 0.497 e. The van der Waals surface area contributed by atoms with E-state index in [1.165, 1.54) is 55.3 Å². The van der Waals surface area contributed by atoms with Gasteiger partial charge in [-0.1, -0.05) is 65.7 Å². The molecule has 0 fully saturated rings. The fraction of sp³-hybridized carbons (Fsp3) is 0.278. The Bertz CT molecular complexity index is 1950. The number of sulfonamides is 1. The van der Waals surface area contributed by atoms with Crippen molar-refractivity contribution < 1.29 is 27.7 Å². The van der Waals surface area contributed by atoms with Crippen LogP contribution in [0.25, 0.3) is 0 Å². The number of ether oxygens (including phenoxy) is 1. The molecule has 0 aromatic heterocycles. The van der Waals surface area contributed by atoms with Crippen molar-refractivity contribution in [1.82, 2.24) is 10.2 Å². The zero-order valence-electron chi connectivity index (χ0n) is 28.2. The zero-order chi connectivity index (χ0) is 36.8. The second-order valence-corrected chi connectivity index (χ2v) is 15.3. The molecule has 0 aliphatic rings. The van der Waals surface area contributed by atoms with Crippen LogP contribution in [0.5, 0.6) is 5.75 Å².